The standard InChI is InChI=1S/C18H23FN6/c19-14-3-1-8-21-17(14)18(6-2-7-18)11-22-16-5-4-15(24-25-16)12-9-13(10-12)23-20/h1,3-5,8,12-13,23H,2,6-7,9-11,20H2,(H,22,25). The SMILES string of the molecule is NNC1CC(c2ccc(NCC3(c4ncccc4F)CCC3)nn2)C1. The summed E-state index contributed by atoms with van der Waals surface area (Å²) in [7, 11) is 0. The molecule has 0 unspecified atom stereocenters. The zero-order valence-corrected chi connectivity index (χ0v) is 14.1. The van der Waals surface area contributed by atoms with Crippen LogP contribution >= 0.6 is 0 Å². The van der Waals surface area contributed by atoms with Gasteiger partial charge in [-0.05, 0) is 49.9 Å². The largest absolute Gasteiger partial charge is 0.368 e. The maximum Gasteiger partial charge on any atom is 0.148 e. The van der Waals surface area contributed by atoms with Crippen LogP contribution in [0.15, 0.2) is 30.5 Å². The monoisotopic (exact) mass is 342 g/mol. The minimum absolute atomic E-state index is 0.224. The molecule has 25 heavy (non-hydrogen) atoms. The van der Waals surface area contributed by atoms with Gasteiger partial charge in [-0.3, -0.25) is 16.3 Å². The minimum Gasteiger partial charge on any atom is -0.368 e. The number of nitrogens with zero attached hydrogens (tertiary/aromatic N) is 3. The van der Waals surface area contributed by atoms with Crippen molar-refractivity contribution in [3.63, 3.8) is 0 Å². The maximum atomic E-state index is 14.1. The lowest BCUT2D eigenvalue weighted by Crippen LogP contribution is -2.44. The van der Waals surface area contributed by atoms with E-state index in [1.165, 1.54) is 6.07 Å². The van der Waals surface area contributed by atoms with Crippen LogP contribution in [-0.4, -0.2) is 27.8 Å². The van der Waals surface area contributed by atoms with E-state index in [0.717, 1.165) is 43.6 Å². The van der Waals surface area contributed by atoms with Gasteiger partial charge in [0.05, 0.1) is 11.4 Å². The summed E-state index contributed by atoms with van der Waals surface area (Å²) in [5.41, 5.74) is 4.12. The van der Waals surface area contributed by atoms with Crippen LogP contribution in [0, 0.1) is 5.82 Å². The summed E-state index contributed by atoms with van der Waals surface area (Å²) in [6.07, 6.45) is 6.64. The van der Waals surface area contributed by atoms with Crippen molar-refractivity contribution in [1.29, 1.82) is 0 Å². The van der Waals surface area contributed by atoms with E-state index in [1.807, 2.05) is 12.1 Å². The lowest BCUT2D eigenvalue weighted by Gasteiger charge is -2.41. The van der Waals surface area contributed by atoms with Crippen molar-refractivity contribution >= 4 is 5.82 Å². The first-order valence-corrected chi connectivity index (χ1v) is 8.85. The van der Waals surface area contributed by atoms with Gasteiger partial charge in [-0.25, -0.2) is 4.39 Å². The zero-order valence-electron chi connectivity index (χ0n) is 14.1. The first kappa shape index (κ1) is 16.4. The van der Waals surface area contributed by atoms with Gasteiger partial charge in [-0.2, -0.15) is 5.10 Å². The van der Waals surface area contributed by atoms with Crippen molar-refractivity contribution in [1.82, 2.24) is 20.6 Å². The van der Waals surface area contributed by atoms with Crippen LogP contribution < -0.4 is 16.6 Å². The number of hydrazine groups is 1. The molecular weight excluding hydrogens is 319 g/mol. The second-order valence-electron chi connectivity index (χ2n) is 7.20. The number of hydrogen-bond acceptors (Lipinski definition) is 6. The molecule has 0 radical (unpaired) electrons. The summed E-state index contributed by atoms with van der Waals surface area (Å²) in [5.74, 6) is 6.36. The maximum absolute atomic E-state index is 14.1. The summed E-state index contributed by atoms with van der Waals surface area (Å²) >= 11 is 0. The number of anilines is 1. The topological polar surface area (TPSA) is 88.8 Å². The van der Waals surface area contributed by atoms with Gasteiger partial charge < -0.3 is 5.32 Å². The molecule has 132 valence electrons. The van der Waals surface area contributed by atoms with Gasteiger partial charge in [-0.15, -0.1) is 5.10 Å². The van der Waals surface area contributed by atoms with Gasteiger partial charge >= 0.3 is 0 Å². The van der Waals surface area contributed by atoms with E-state index in [0.29, 0.717) is 24.2 Å². The van der Waals surface area contributed by atoms with E-state index >= 15 is 0 Å². The van der Waals surface area contributed by atoms with Crippen molar-refractivity contribution in [2.45, 2.75) is 49.5 Å². The Morgan fingerprint density at radius 3 is 2.64 bits per heavy atom. The predicted molar refractivity (Wildman–Crippen MR) is 93.3 cm³/mol. The number of nitrogens with one attached hydrogen (secondary N) is 2. The third kappa shape index (κ3) is 3.09. The molecule has 0 spiro atoms. The second-order valence-corrected chi connectivity index (χ2v) is 7.20. The van der Waals surface area contributed by atoms with Crippen molar-refractivity contribution in [2.24, 2.45) is 5.84 Å². The van der Waals surface area contributed by atoms with Gasteiger partial charge in [0.25, 0.3) is 0 Å². The van der Waals surface area contributed by atoms with Crippen LogP contribution in [0.25, 0.3) is 0 Å². The van der Waals surface area contributed by atoms with E-state index in [-0.39, 0.29) is 11.2 Å². The normalized spacial score (nSPS) is 24.2. The molecule has 2 heterocycles. The Balaban J connectivity index is 1.40. The molecular formula is C18H23FN6. The highest BCUT2D eigenvalue weighted by Gasteiger charge is 2.41. The average Bonchev–Trinajstić information content (AvgIpc) is 2.56. The van der Waals surface area contributed by atoms with Crippen LogP contribution in [0.4, 0.5) is 10.2 Å². The quantitative estimate of drug-likeness (QED) is 0.551. The Kier molecular flexibility index (Phi) is 4.35. The number of rotatable bonds is 6. The third-order valence-electron chi connectivity index (χ3n) is 5.66. The summed E-state index contributed by atoms with van der Waals surface area (Å²) in [6, 6.07) is 7.47. The van der Waals surface area contributed by atoms with Crippen LogP contribution in [0.1, 0.15) is 49.4 Å². The highest BCUT2D eigenvalue weighted by molar-refractivity contribution is 5.36. The first-order valence-electron chi connectivity index (χ1n) is 8.85. The molecule has 2 aromatic rings. The average molecular weight is 342 g/mol. The fourth-order valence-corrected chi connectivity index (χ4v) is 3.79. The summed E-state index contributed by atoms with van der Waals surface area (Å²) in [6.45, 7) is 0.623. The Morgan fingerprint density at radius 1 is 1.20 bits per heavy atom. The van der Waals surface area contributed by atoms with Crippen LogP contribution in [0.2, 0.25) is 0 Å². The Labute approximate surface area is 146 Å². The molecule has 0 saturated heterocycles. The molecule has 2 aliphatic carbocycles. The lowest BCUT2D eigenvalue weighted by atomic mass is 9.66. The number of aromatic nitrogens is 3. The van der Waals surface area contributed by atoms with Gasteiger partial charge in [0, 0.05) is 30.1 Å². The molecule has 6 nitrogen and oxygen atoms in total. The molecule has 2 fully saturated rings. The van der Waals surface area contributed by atoms with Crippen molar-refractivity contribution in [2.75, 3.05) is 11.9 Å². The van der Waals surface area contributed by atoms with Crippen molar-refractivity contribution < 1.29 is 4.39 Å². The first-order chi connectivity index (χ1) is 12.2. The van der Waals surface area contributed by atoms with Gasteiger partial charge in [0.15, 0.2) is 0 Å². The zero-order chi connectivity index (χ0) is 17.3. The fraction of sp³-hybridized carbons (Fsp3) is 0.500. The van der Waals surface area contributed by atoms with Gasteiger partial charge in [0.2, 0.25) is 0 Å². The van der Waals surface area contributed by atoms with E-state index in [4.69, 9.17) is 5.84 Å². The number of nitrogens with two attached hydrogens (primary N) is 1. The number of halogens is 1. The van der Waals surface area contributed by atoms with Crippen LogP contribution in [0.3, 0.4) is 0 Å². The summed E-state index contributed by atoms with van der Waals surface area (Å²) in [4.78, 5) is 4.29. The van der Waals surface area contributed by atoms with Crippen molar-refractivity contribution in [3.8, 4) is 0 Å². The molecule has 7 heteroatoms. The smallest absolute Gasteiger partial charge is 0.148 e. The van der Waals surface area contributed by atoms with Crippen molar-refractivity contribution in [3.05, 3.63) is 47.7 Å². The number of hydrogen-bond donors (Lipinski definition) is 3. The van der Waals surface area contributed by atoms with E-state index < -0.39 is 0 Å². The Morgan fingerprint density at radius 2 is 2.04 bits per heavy atom. The lowest BCUT2D eigenvalue weighted by molar-refractivity contribution is 0.243. The van der Waals surface area contributed by atoms with E-state index in [9.17, 15) is 4.39 Å². The highest BCUT2D eigenvalue weighted by Crippen LogP contribution is 2.43. The number of pyridine rings is 1. The highest BCUT2D eigenvalue weighted by atomic mass is 19.1. The molecule has 4 rings (SSSR count). The molecule has 4 N–H and O–H groups in total. The summed E-state index contributed by atoms with van der Waals surface area (Å²) < 4.78 is 14.1. The van der Waals surface area contributed by atoms with Crippen LogP contribution in [-0.2, 0) is 5.41 Å². The molecule has 2 aromatic heterocycles. The molecule has 2 aliphatic rings. The van der Waals surface area contributed by atoms with Crippen LogP contribution in [0.5, 0.6) is 0 Å². The second kappa shape index (κ2) is 6.65. The molecule has 0 amide bonds. The molecule has 0 aromatic carbocycles. The predicted octanol–water partition coefficient (Wildman–Crippen LogP) is 2.25. The van der Waals surface area contributed by atoms with Gasteiger partial charge in [0.1, 0.15) is 11.6 Å². The Hall–Kier alpha value is -2.12. The van der Waals surface area contributed by atoms with Gasteiger partial charge in [-0.1, -0.05) is 6.42 Å². The minimum atomic E-state index is -0.236. The molecule has 0 bridgehead atoms. The third-order valence-corrected chi connectivity index (χ3v) is 5.66. The van der Waals surface area contributed by atoms with E-state index in [1.54, 1.807) is 12.3 Å². The molecule has 0 atom stereocenters. The summed E-state index contributed by atoms with van der Waals surface area (Å²) in [5, 5.41) is 11.9. The van der Waals surface area contributed by atoms with E-state index in [2.05, 4.69) is 25.9 Å². The molecule has 0 aliphatic heterocycles. The fourth-order valence-electron chi connectivity index (χ4n) is 3.79. The molecule has 2 saturated carbocycles. The Bertz CT molecular complexity index is 725.